The Kier molecular flexibility index (Phi) is 6.78. The standard InChI is InChI=1S/C22H26FN5/c1-3-25-22(27-14-20-8-9-21(23)17(2)12-20)26-13-18-4-6-19(7-5-18)15-28-11-10-24-16-28/h4-12,16H,3,13-15H2,1-2H3,(H2,25,26,27). The molecule has 0 aliphatic rings. The van der Waals surface area contributed by atoms with Crippen LogP contribution < -0.4 is 10.6 Å². The van der Waals surface area contributed by atoms with Crippen LogP contribution in [0, 0.1) is 12.7 Å². The Bertz CT molecular complexity index is 901. The first-order valence-corrected chi connectivity index (χ1v) is 9.45. The van der Waals surface area contributed by atoms with Gasteiger partial charge >= 0.3 is 0 Å². The monoisotopic (exact) mass is 379 g/mol. The van der Waals surface area contributed by atoms with Crippen LogP contribution in [0.4, 0.5) is 4.39 Å². The van der Waals surface area contributed by atoms with E-state index in [2.05, 4.69) is 44.9 Å². The molecule has 0 radical (unpaired) electrons. The van der Waals surface area contributed by atoms with Crippen LogP contribution in [0.3, 0.4) is 0 Å². The van der Waals surface area contributed by atoms with Crippen molar-refractivity contribution in [3.05, 3.63) is 89.3 Å². The molecule has 5 nitrogen and oxygen atoms in total. The Hall–Kier alpha value is -3.15. The maximum Gasteiger partial charge on any atom is 0.191 e. The summed E-state index contributed by atoms with van der Waals surface area (Å²) in [6.07, 6.45) is 5.56. The van der Waals surface area contributed by atoms with Gasteiger partial charge in [-0.05, 0) is 42.2 Å². The van der Waals surface area contributed by atoms with Crippen molar-refractivity contribution in [1.82, 2.24) is 20.2 Å². The molecule has 3 rings (SSSR count). The lowest BCUT2D eigenvalue weighted by Crippen LogP contribution is -2.36. The van der Waals surface area contributed by atoms with E-state index in [-0.39, 0.29) is 5.82 Å². The molecule has 0 fully saturated rings. The van der Waals surface area contributed by atoms with E-state index in [4.69, 9.17) is 0 Å². The average Bonchev–Trinajstić information content (AvgIpc) is 3.21. The van der Waals surface area contributed by atoms with E-state index in [9.17, 15) is 4.39 Å². The van der Waals surface area contributed by atoms with Gasteiger partial charge in [0.05, 0.1) is 12.9 Å². The fourth-order valence-electron chi connectivity index (χ4n) is 2.86. The maximum atomic E-state index is 13.4. The van der Waals surface area contributed by atoms with Crippen molar-refractivity contribution in [2.45, 2.75) is 33.5 Å². The first-order valence-electron chi connectivity index (χ1n) is 9.45. The van der Waals surface area contributed by atoms with E-state index in [1.54, 1.807) is 19.2 Å². The summed E-state index contributed by atoms with van der Waals surface area (Å²) in [5, 5.41) is 6.59. The van der Waals surface area contributed by atoms with Crippen molar-refractivity contribution in [3.63, 3.8) is 0 Å². The fourth-order valence-corrected chi connectivity index (χ4v) is 2.86. The fraction of sp³-hybridized carbons (Fsp3) is 0.273. The molecule has 0 bridgehead atoms. The van der Waals surface area contributed by atoms with Gasteiger partial charge in [0, 0.05) is 32.0 Å². The molecule has 0 aliphatic carbocycles. The topological polar surface area (TPSA) is 54.2 Å². The highest BCUT2D eigenvalue weighted by Crippen LogP contribution is 2.10. The van der Waals surface area contributed by atoms with Crippen LogP contribution in [-0.4, -0.2) is 22.1 Å². The lowest BCUT2D eigenvalue weighted by molar-refractivity contribution is 0.617. The normalized spacial score (nSPS) is 11.5. The molecule has 2 N–H and O–H groups in total. The van der Waals surface area contributed by atoms with Gasteiger partial charge in [-0.2, -0.15) is 0 Å². The summed E-state index contributed by atoms with van der Waals surface area (Å²) >= 11 is 0. The van der Waals surface area contributed by atoms with Crippen LogP contribution in [0.1, 0.15) is 29.2 Å². The zero-order valence-corrected chi connectivity index (χ0v) is 16.3. The van der Waals surface area contributed by atoms with Crippen LogP contribution in [-0.2, 0) is 19.6 Å². The number of nitrogens with one attached hydrogen (secondary N) is 2. The molecule has 1 heterocycles. The molecule has 0 aliphatic heterocycles. The lowest BCUT2D eigenvalue weighted by Gasteiger charge is -2.12. The zero-order chi connectivity index (χ0) is 19.8. The summed E-state index contributed by atoms with van der Waals surface area (Å²) < 4.78 is 15.4. The first kappa shape index (κ1) is 19.6. The number of hydrogen-bond donors (Lipinski definition) is 2. The second kappa shape index (κ2) is 9.69. The summed E-state index contributed by atoms with van der Waals surface area (Å²) in [6.45, 7) is 6.57. The predicted molar refractivity (Wildman–Crippen MR) is 111 cm³/mol. The summed E-state index contributed by atoms with van der Waals surface area (Å²) in [4.78, 5) is 8.66. The van der Waals surface area contributed by atoms with Gasteiger partial charge in [-0.15, -0.1) is 0 Å². The summed E-state index contributed by atoms with van der Waals surface area (Å²) in [7, 11) is 0. The van der Waals surface area contributed by atoms with Crippen LogP contribution in [0.15, 0.2) is 66.2 Å². The van der Waals surface area contributed by atoms with Crippen molar-refractivity contribution < 1.29 is 4.39 Å². The molecule has 2 aromatic carbocycles. The van der Waals surface area contributed by atoms with E-state index in [0.717, 1.165) is 24.6 Å². The third-order valence-electron chi connectivity index (χ3n) is 4.39. The van der Waals surface area contributed by atoms with Crippen molar-refractivity contribution in [2.75, 3.05) is 6.54 Å². The minimum Gasteiger partial charge on any atom is -0.357 e. The molecule has 28 heavy (non-hydrogen) atoms. The second-order valence-corrected chi connectivity index (χ2v) is 6.68. The molecular weight excluding hydrogens is 353 g/mol. The predicted octanol–water partition coefficient (Wildman–Crippen LogP) is 3.63. The van der Waals surface area contributed by atoms with Gasteiger partial charge < -0.3 is 15.2 Å². The van der Waals surface area contributed by atoms with Crippen molar-refractivity contribution in [1.29, 1.82) is 0 Å². The highest BCUT2D eigenvalue weighted by molar-refractivity contribution is 5.79. The van der Waals surface area contributed by atoms with Crippen LogP contribution in [0.25, 0.3) is 0 Å². The number of halogens is 1. The molecular formula is C22H26FN5. The van der Waals surface area contributed by atoms with Crippen LogP contribution in [0.2, 0.25) is 0 Å². The zero-order valence-electron chi connectivity index (χ0n) is 16.3. The Morgan fingerprint density at radius 1 is 1.07 bits per heavy atom. The molecule has 3 aromatic rings. The largest absolute Gasteiger partial charge is 0.357 e. The molecule has 6 heteroatoms. The molecule has 0 saturated carbocycles. The third kappa shape index (κ3) is 5.67. The van der Waals surface area contributed by atoms with Gasteiger partial charge in [-0.1, -0.05) is 36.4 Å². The van der Waals surface area contributed by atoms with E-state index in [0.29, 0.717) is 18.7 Å². The molecule has 0 unspecified atom stereocenters. The highest BCUT2D eigenvalue weighted by Gasteiger charge is 2.02. The minimum atomic E-state index is -0.186. The minimum absolute atomic E-state index is 0.186. The Morgan fingerprint density at radius 2 is 1.82 bits per heavy atom. The van der Waals surface area contributed by atoms with E-state index in [1.807, 2.05) is 30.1 Å². The summed E-state index contributed by atoms with van der Waals surface area (Å²) in [6, 6.07) is 13.6. The molecule has 146 valence electrons. The molecule has 0 amide bonds. The number of hydrogen-bond acceptors (Lipinski definition) is 2. The van der Waals surface area contributed by atoms with E-state index >= 15 is 0 Å². The Labute approximate surface area is 165 Å². The van der Waals surface area contributed by atoms with Crippen molar-refractivity contribution >= 4 is 5.96 Å². The second-order valence-electron chi connectivity index (χ2n) is 6.68. The number of guanidine groups is 1. The lowest BCUT2D eigenvalue weighted by atomic mass is 10.1. The molecule has 1 aromatic heterocycles. The molecule has 0 atom stereocenters. The number of aliphatic imine (C=N–C) groups is 1. The van der Waals surface area contributed by atoms with Crippen molar-refractivity contribution in [3.8, 4) is 0 Å². The molecule has 0 spiro atoms. The first-order chi connectivity index (χ1) is 13.6. The van der Waals surface area contributed by atoms with Gasteiger partial charge in [-0.25, -0.2) is 14.4 Å². The number of aryl methyl sites for hydroxylation is 1. The Morgan fingerprint density at radius 3 is 2.50 bits per heavy atom. The van der Waals surface area contributed by atoms with Crippen LogP contribution in [0.5, 0.6) is 0 Å². The van der Waals surface area contributed by atoms with Gasteiger partial charge in [0.25, 0.3) is 0 Å². The van der Waals surface area contributed by atoms with Crippen molar-refractivity contribution in [2.24, 2.45) is 4.99 Å². The maximum absolute atomic E-state index is 13.4. The third-order valence-corrected chi connectivity index (χ3v) is 4.39. The average molecular weight is 379 g/mol. The SMILES string of the molecule is CCNC(=NCc1ccc(F)c(C)c1)NCc1ccc(Cn2ccnc2)cc1. The highest BCUT2D eigenvalue weighted by atomic mass is 19.1. The van der Waals surface area contributed by atoms with E-state index < -0.39 is 0 Å². The number of imidazole rings is 1. The number of aromatic nitrogens is 2. The van der Waals surface area contributed by atoms with Crippen LogP contribution >= 0.6 is 0 Å². The van der Waals surface area contributed by atoms with Gasteiger partial charge in [-0.3, -0.25) is 0 Å². The smallest absolute Gasteiger partial charge is 0.191 e. The number of benzene rings is 2. The van der Waals surface area contributed by atoms with Gasteiger partial charge in [0.15, 0.2) is 5.96 Å². The summed E-state index contributed by atoms with van der Waals surface area (Å²) in [5.41, 5.74) is 4.04. The molecule has 0 saturated heterocycles. The Balaban J connectivity index is 1.57. The number of nitrogens with zero attached hydrogens (tertiary/aromatic N) is 3. The van der Waals surface area contributed by atoms with E-state index in [1.165, 1.54) is 17.2 Å². The van der Waals surface area contributed by atoms with Gasteiger partial charge in [0.1, 0.15) is 5.82 Å². The number of rotatable bonds is 7. The van der Waals surface area contributed by atoms with Gasteiger partial charge in [0.2, 0.25) is 0 Å². The summed E-state index contributed by atoms with van der Waals surface area (Å²) in [5.74, 6) is 0.557. The quantitative estimate of drug-likeness (QED) is 0.487.